The Kier molecular flexibility index (Phi) is 3.48. The molecule has 0 unspecified atom stereocenters. The third kappa shape index (κ3) is 2.58. The molecule has 0 saturated heterocycles. The second-order valence-corrected chi connectivity index (χ2v) is 2.26. The van der Waals surface area contributed by atoms with Gasteiger partial charge in [0.25, 0.3) is 0 Å². The van der Waals surface area contributed by atoms with Crippen molar-refractivity contribution in [2.45, 2.75) is 6.92 Å². The molecule has 0 N–H and O–H groups in total. The number of isocyanates is 1. The first kappa shape index (κ1) is 9.23. The Labute approximate surface area is 76.4 Å². The zero-order chi connectivity index (χ0) is 9.52. The number of rotatable bonds is 3. The number of benzene rings is 1. The van der Waals surface area contributed by atoms with Crippen LogP contribution < -0.4 is 4.74 Å². The molecule has 0 bridgehead atoms. The highest BCUT2D eigenvalue weighted by Gasteiger charge is 1.98. The number of allylic oxidation sites excluding steroid dienone is 1. The molecule has 1 rings (SSSR count). The van der Waals surface area contributed by atoms with E-state index in [4.69, 9.17) is 4.74 Å². The van der Waals surface area contributed by atoms with E-state index < -0.39 is 0 Å². The van der Waals surface area contributed by atoms with Crippen molar-refractivity contribution in [3.05, 3.63) is 36.6 Å². The average molecular weight is 175 g/mol. The third-order valence-corrected chi connectivity index (χ3v) is 1.36. The summed E-state index contributed by atoms with van der Waals surface area (Å²) < 4.78 is 5.19. The fourth-order valence-electron chi connectivity index (χ4n) is 0.840. The molecular formula is C10H9NO2. The SMILES string of the molecule is CC=COc1ccccc1N=C=O. The highest BCUT2D eigenvalue weighted by molar-refractivity contribution is 5.57. The Morgan fingerprint density at radius 3 is 2.92 bits per heavy atom. The van der Waals surface area contributed by atoms with E-state index in [2.05, 4.69) is 4.99 Å². The van der Waals surface area contributed by atoms with E-state index in [1.165, 1.54) is 12.3 Å². The monoisotopic (exact) mass is 175 g/mol. The van der Waals surface area contributed by atoms with Gasteiger partial charge in [0.1, 0.15) is 5.69 Å². The van der Waals surface area contributed by atoms with Crippen molar-refractivity contribution in [2.75, 3.05) is 0 Å². The van der Waals surface area contributed by atoms with Gasteiger partial charge < -0.3 is 4.74 Å². The van der Waals surface area contributed by atoms with Crippen LogP contribution in [0.3, 0.4) is 0 Å². The van der Waals surface area contributed by atoms with Gasteiger partial charge >= 0.3 is 0 Å². The van der Waals surface area contributed by atoms with E-state index in [-0.39, 0.29) is 0 Å². The average Bonchev–Trinajstić information content (AvgIpc) is 2.17. The third-order valence-electron chi connectivity index (χ3n) is 1.36. The summed E-state index contributed by atoms with van der Waals surface area (Å²) in [4.78, 5) is 13.5. The van der Waals surface area contributed by atoms with E-state index >= 15 is 0 Å². The minimum Gasteiger partial charge on any atom is -0.463 e. The van der Waals surface area contributed by atoms with Gasteiger partial charge in [-0.15, -0.1) is 0 Å². The minimum atomic E-state index is 0.482. The van der Waals surface area contributed by atoms with Crippen LogP contribution in [0, 0.1) is 0 Å². The van der Waals surface area contributed by atoms with Crippen LogP contribution in [-0.2, 0) is 4.79 Å². The van der Waals surface area contributed by atoms with E-state index in [9.17, 15) is 4.79 Å². The minimum absolute atomic E-state index is 0.482. The summed E-state index contributed by atoms with van der Waals surface area (Å²) in [5.74, 6) is 0.545. The molecule has 13 heavy (non-hydrogen) atoms. The second-order valence-electron chi connectivity index (χ2n) is 2.26. The molecule has 3 nitrogen and oxygen atoms in total. The molecule has 1 aromatic rings. The Bertz CT molecular complexity index is 352. The molecule has 0 spiro atoms. The quantitative estimate of drug-likeness (QED) is 0.402. The molecule has 1 aromatic carbocycles. The maximum absolute atomic E-state index is 10.0. The molecule has 0 aliphatic heterocycles. The molecule has 0 aromatic heterocycles. The summed E-state index contributed by atoms with van der Waals surface area (Å²) in [6, 6.07) is 7.00. The van der Waals surface area contributed by atoms with Gasteiger partial charge in [-0.3, -0.25) is 0 Å². The van der Waals surface area contributed by atoms with Crippen LogP contribution in [0.2, 0.25) is 0 Å². The van der Waals surface area contributed by atoms with Gasteiger partial charge in [-0.2, -0.15) is 4.99 Å². The number of nitrogens with zero attached hydrogens (tertiary/aromatic N) is 1. The highest BCUT2D eigenvalue weighted by Crippen LogP contribution is 2.26. The van der Waals surface area contributed by atoms with Gasteiger partial charge in [-0.05, 0) is 19.1 Å². The topological polar surface area (TPSA) is 38.7 Å². The predicted molar refractivity (Wildman–Crippen MR) is 49.7 cm³/mol. The van der Waals surface area contributed by atoms with Crippen molar-refractivity contribution in [1.29, 1.82) is 0 Å². The Morgan fingerprint density at radius 2 is 2.23 bits per heavy atom. The van der Waals surface area contributed by atoms with Crippen LogP contribution in [0.5, 0.6) is 5.75 Å². The zero-order valence-corrected chi connectivity index (χ0v) is 7.23. The normalized spacial score (nSPS) is 9.62. The lowest BCUT2D eigenvalue weighted by molar-refractivity contribution is 0.481. The number of ether oxygens (including phenoxy) is 1. The molecular weight excluding hydrogens is 166 g/mol. The molecule has 0 fully saturated rings. The van der Waals surface area contributed by atoms with Gasteiger partial charge in [-0.25, -0.2) is 4.79 Å². The molecule has 3 heteroatoms. The first-order valence-electron chi connectivity index (χ1n) is 3.83. The first-order valence-corrected chi connectivity index (χ1v) is 3.83. The maximum atomic E-state index is 10.0. The molecule has 0 aliphatic rings. The maximum Gasteiger partial charge on any atom is 0.240 e. The van der Waals surface area contributed by atoms with Gasteiger partial charge in [0.2, 0.25) is 6.08 Å². The summed E-state index contributed by atoms with van der Waals surface area (Å²) in [6.45, 7) is 1.84. The largest absolute Gasteiger partial charge is 0.463 e. The van der Waals surface area contributed by atoms with Crippen LogP contribution in [-0.4, -0.2) is 6.08 Å². The molecule has 0 aliphatic carbocycles. The van der Waals surface area contributed by atoms with E-state index in [0.29, 0.717) is 11.4 Å². The Morgan fingerprint density at radius 1 is 1.46 bits per heavy atom. The highest BCUT2D eigenvalue weighted by atomic mass is 16.5. The van der Waals surface area contributed by atoms with Crippen LogP contribution in [0.4, 0.5) is 5.69 Å². The van der Waals surface area contributed by atoms with Crippen LogP contribution in [0.15, 0.2) is 41.6 Å². The first-order chi connectivity index (χ1) is 6.38. The van der Waals surface area contributed by atoms with Crippen LogP contribution in [0.1, 0.15) is 6.92 Å². The van der Waals surface area contributed by atoms with Crippen LogP contribution in [0.25, 0.3) is 0 Å². The number of hydrogen-bond donors (Lipinski definition) is 0. The van der Waals surface area contributed by atoms with E-state index in [0.717, 1.165) is 0 Å². The molecule has 0 amide bonds. The number of carbonyl (C=O) groups excluding carboxylic acids is 1. The van der Waals surface area contributed by atoms with Gasteiger partial charge in [0, 0.05) is 0 Å². The van der Waals surface area contributed by atoms with Gasteiger partial charge in [0.15, 0.2) is 5.75 Å². The molecule has 0 saturated carbocycles. The van der Waals surface area contributed by atoms with Crippen molar-refractivity contribution in [3.8, 4) is 5.75 Å². The Hall–Kier alpha value is -1.86. The van der Waals surface area contributed by atoms with Crippen LogP contribution >= 0.6 is 0 Å². The van der Waals surface area contributed by atoms with Gasteiger partial charge in [-0.1, -0.05) is 18.2 Å². The predicted octanol–water partition coefficient (Wildman–Crippen LogP) is 2.57. The second kappa shape index (κ2) is 4.91. The van der Waals surface area contributed by atoms with Crippen molar-refractivity contribution in [3.63, 3.8) is 0 Å². The number of aliphatic imine (C=N–C) groups is 1. The summed E-state index contributed by atoms with van der Waals surface area (Å²) >= 11 is 0. The lowest BCUT2D eigenvalue weighted by Gasteiger charge is -2.01. The Balaban J connectivity index is 2.96. The molecule has 0 atom stereocenters. The summed E-state index contributed by atoms with van der Waals surface area (Å²) in [5, 5.41) is 0. The summed E-state index contributed by atoms with van der Waals surface area (Å²) in [7, 11) is 0. The number of para-hydroxylation sites is 2. The van der Waals surface area contributed by atoms with Crippen molar-refractivity contribution in [1.82, 2.24) is 0 Å². The van der Waals surface area contributed by atoms with Crippen molar-refractivity contribution in [2.24, 2.45) is 4.99 Å². The zero-order valence-electron chi connectivity index (χ0n) is 7.23. The lowest BCUT2D eigenvalue weighted by atomic mass is 10.3. The lowest BCUT2D eigenvalue weighted by Crippen LogP contribution is -1.81. The summed E-state index contributed by atoms with van der Waals surface area (Å²) in [6.07, 6.45) is 4.75. The molecule has 0 radical (unpaired) electrons. The fourth-order valence-corrected chi connectivity index (χ4v) is 0.840. The summed E-state index contributed by atoms with van der Waals surface area (Å²) in [5.41, 5.74) is 0.482. The van der Waals surface area contributed by atoms with Crippen molar-refractivity contribution >= 4 is 11.8 Å². The smallest absolute Gasteiger partial charge is 0.240 e. The molecule has 66 valence electrons. The molecule has 0 heterocycles. The van der Waals surface area contributed by atoms with E-state index in [1.807, 2.05) is 13.0 Å². The van der Waals surface area contributed by atoms with Gasteiger partial charge in [0.05, 0.1) is 6.26 Å². The number of hydrogen-bond acceptors (Lipinski definition) is 3. The van der Waals surface area contributed by atoms with E-state index in [1.54, 1.807) is 24.3 Å². The standard InChI is InChI=1S/C10H9NO2/c1-2-7-13-10-6-4-3-5-9(10)11-8-12/h2-7H,1H3. The van der Waals surface area contributed by atoms with Crippen molar-refractivity contribution < 1.29 is 9.53 Å². The fraction of sp³-hybridized carbons (Fsp3) is 0.100.